The molecule has 0 saturated carbocycles. The van der Waals surface area contributed by atoms with E-state index < -0.39 is 0 Å². The maximum atomic E-state index is 11.6. The van der Waals surface area contributed by atoms with Crippen molar-refractivity contribution >= 4 is 24.4 Å². The van der Waals surface area contributed by atoms with E-state index in [2.05, 4.69) is 67.1 Å². The predicted molar refractivity (Wildman–Crippen MR) is 130 cm³/mol. The van der Waals surface area contributed by atoms with E-state index in [-0.39, 0.29) is 21.9 Å². The van der Waals surface area contributed by atoms with Crippen LogP contribution in [0.4, 0.5) is 0 Å². The first-order valence-electron chi connectivity index (χ1n) is 10.8. The van der Waals surface area contributed by atoms with Gasteiger partial charge in [-0.2, -0.15) is 0 Å². The average Bonchev–Trinajstić information content (AvgIpc) is 2.58. The fraction of sp³-hybridized carbons (Fsp3) is 0.538. The summed E-state index contributed by atoms with van der Waals surface area (Å²) < 4.78 is 11.1. The van der Waals surface area contributed by atoms with E-state index in [9.17, 15) is 4.79 Å². The molecule has 1 heterocycles. The smallest absolute Gasteiger partial charge is 0.423 e. The summed E-state index contributed by atoms with van der Waals surface area (Å²) in [6.07, 6.45) is 7.54. The van der Waals surface area contributed by atoms with Gasteiger partial charge < -0.3 is 4.42 Å². The third kappa shape index (κ3) is 7.30. The van der Waals surface area contributed by atoms with Gasteiger partial charge in [0, 0.05) is 17.5 Å². The van der Waals surface area contributed by atoms with Gasteiger partial charge in [0.05, 0.1) is 0 Å². The molecule has 0 fully saturated rings. The first-order valence-corrected chi connectivity index (χ1v) is 10.8. The molecule has 0 aliphatic rings. The first kappa shape index (κ1) is 24.2. The van der Waals surface area contributed by atoms with Crippen molar-refractivity contribution in [2.24, 2.45) is 16.2 Å². The summed E-state index contributed by atoms with van der Waals surface area (Å²) in [4.78, 5) is 11.6. The number of hydrogen-bond donors (Lipinski definition) is 0. The van der Waals surface area contributed by atoms with Crippen molar-refractivity contribution in [2.45, 2.75) is 67.7 Å². The van der Waals surface area contributed by atoms with Crippen LogP contribution < -0.4 is 10.4 Å². The maximum absolute atomic E-state index is 11.6. The second-order valence-electron chi connectivity index (χ2n) is 10.8. The van der Waals surface area contributed by atoms with E-state index in [1.165, 1.54) is 6.07 Å². The van der Waals surface area contributed by atoms with E-state index in [4.69, 9.17) is 9.15 Å². The second kappa shape index (κ2) is 9.37. The summed E-state index contributed by atoms with van der Waals surface area (Å²) in [6.45, 7) is 16.3. The molecule has 0 unspecified atom stereocenters. The summed E-state index contributed by atoms with van der Waals surface area (Å²) in [5.41, 5.74) is 1.75. The van der Waals surface area contributed by atoms with Crippen molar-refractivity contribution in [3.8, 4) is 5.75 Å². The van der Waals surface area contributed by atoms with Gasteiger partial charge in [0.2, 0.25) is 0 Å². The van der Waals surface area contributed by atoms with Crippen molar-refractivity contribution in [1.29, 1.82) is 0 Å². The molecule has 0 amide bonds. The van der Waals surface area contributed by atoms with Crippen LogP contribution in [0.25, 0.3) is 11.0 Å². The van der Waals surface area contributed by atoms with Gasteiger partial charge in [-0.25, -0.2) is 4.79 Å². The van der Waals surface area contributed by atoms with E-state index in [1.807, 2.05) is 19.1 Å². The molecule has 4 heteroatoms. The topological polar surface area (TPSA) is 39.4 Å². The van der Waals surface area contributed by atoms with Crippen molar-refractivity contribution < 1.29 is 9.15 Å². The monoisotopic (exact) mass is 408 g/mol. The second-order valence-corrected chi connectivity index (χ2v) is 10.8. The zero-order chi connectivity index (χ0) is 22.6. The minimum absolute atomic E-state index is 0.154. The summed E-state index contributed by atoms with van der Waals surface area (Å²) in [6, 6.07) is 7.14. The number of benzene rings is 1. The van der Waals surface area contributed by atoms with Crippen LogP contribution in [0.15, 0.2) is 45.6 Å². The van der Waals surface area contributed by atoms with Crippen LogP contribution in [0, 0.1) is 23.2 Å². The quantitative estimate of drug-likeness (QED) is 0.275. The van der Waals surface area contributed by atoms with E-state index in [0.717, 1.165) is 30.2 Å². The van der Waals surface area contributed by atoms with Crippen LogP contribution in [0.2, 0.25) is 0 Å². The Morgan fingerprint density at radius 2 is 1.70 bits per heavy atom. The van der Waals surface area contributed by atoms with Gasteiger partial charge in [-0.05, 0) is 24.6 Å². The summed E-state index contributed by atoms with van der Waals surface area (Å²) in [7, 11) is 3.99. The van der Waals surface area contributed by atoms with Gasteiger partial charge in [-0.3, -0.25) is 0 Å². The van der Waals surface area contributed by atoms with Gasteiger partial charge in [-0.1, -0.05) is 0 Å². The zero-order valence-electron chi connectivity index (χ0n) is 19.8. The minimum atomic E-state index is -0.335. The number of hydrogen-bond acceptors (Lipinski definition) is 3. The molecule has 162 valence electrons. The van der Waals surface area contributed by atoms with Crippen LogP contribution in [0.1, 0.15) is 66.4 Å². The average molecular weight is 408 g/mol. The molecule has 0 atom stereocenters. The molecular weight excluding hydrogens is 371 g/mol. The zero-order valence-corrected chi connectivity index (χ0v) is 19.8. The number of allylic oxidation sites excluding steroid dienone is 1. The minimum Gasteiger partial charge on any atom is -0.423 e. The Hall–Kier alpha value is -2.10. The van der Waals surface area contributed by atoms with E-state index in [1.54, 1.807) is 6.07 Å². The Morgan fingerprint density at radius 1 is 1.00 bits per heavy atom. The molecule has 1 aromatic heterocycles. The molecule has 30 heavy (non-hydrogen) atoms. The number of ether oxygens (including phenoxy) is 1. The van der Waals surface area contributed by atoms with Crippen LogP contribution in [-0.2, 0) is 0 Å². The number of aryl methyl sites for hydroxylation is 1. The SMILES string of the molecule is B=CC(C)(C)CC(C)(C)CC(C)(C)C/C=C/COc1ccc2c(C)cc(=O)oc2c1. The third-order valence-electron chi connectivity index (χ3n) is 5.55. The first-order chi connectivity index (χ1) is 13.8. The molecule has 0 spiro atoms. The summed E-state index contributed by atoms with van der Waals surface area (Å²) in [5, 5.41) is 0.932. The van der Waals surface area contributed by atoms with Crippen molar-refractivity contribution in [2.75, 3.05) is 6.61 Å². The predicted octanol–water partition coefficient (Wildman–Crippen LogP) is 5.99. The molecule has 0 bridgehead atoms. The molecule has 2 rings (SSSR count). The third-order valence-corrected chi connectivity index (χ3v) is 5.55. The normalized spacial score (nSPS) is 13.1. The molecule has 0 aliphatic carbocycles. The Bertz CT molecular complexity index is 964. The Kier molecular flexibility index (Phi) is 7.55. The van der Waals surface area contributed by atoms with Crippen LogP contribution >= 0.6 is 0 Å². The molecule has 1 aromatic carbocycles. The molecule has 2 aromatic rings. The van der Waals surface area contributed by atoms with E-state index in [0.29, 0.717) is 17.9 Å². The van der Waals surface area contributed by atoms with Gasteiger partial charge in [0.25, 0.3) is 0 Å². The van der Waals surface area contributed by atoms with Crippen LogP contribution in [0.5, 0.6) is 5.75 Å². The molecule has 0 radical (unpaired) electrons. The Balaban J connectivity index is 1.90. The van der Waals surface area contributed by atoms with Crippen molar-refractivity contribution in [3.05, 3.63) is 52.4 Å². The molecule has 0 aliphatic heterocycles. The van der Waals surface area contributed by atoms with Crippen molar-refractivity contribution in [1.82, 2.24) is 0 Å². The number of rotatable bonds is 10. The van der Waals surface area contributed by atoms with Crippen molar-refractivity contribution in [3.63, 3.8) is 0 Å². The fourth-order valence-corrected chi connectivity index (χ4v) is 4.75. The fourth-order valence-electron chi connectivity index (χ4n) is 4.75. The van der Waals surface area contributed by atoms with Gasteiger partial charge in [0.1, 0.15) is 5.58 Å². The summed E-state index contributed by atoms with van der Waals surface area (Å²) in [5.74, 6) is 2.77. The number of fused-ring (bicyclic) bond motifs is 1. The van der Waals surface area contributed by atoms with Crippen LogP contribution in [0.3, 0.4) is 0 Å². The van der Waals surface area contributed by atoms with Crippen LogP contribution in [-0.4, -0.2) is 20.1 Å². The standard InChI is InChI=1S/C26H37BO3/c1-19-14-23(28)30-22-15-20(10-11-21(19)22)29-13-9-8-12-24(2,3)16-25(4,5)17-26(6,7)18-27/h8-11,14-15,18,27H,12-13,16-17H2,1-7H3/b9-8+. The molecular formula is C26H37BO3. The molecule has 3 nitrogen and oxygen atoms in total. The molecule has 0 N–H and O–H groups in total. The Labute approximate surface area is 182 Å². The van der Waals surface area contributed by atoms with E-state index >= 15 is 0 Å². The van der Waals surface area contributed by atoms with Gasteiger partial charge in [0.15, 0.2) is 0 Å². The summed E-state index contributed by atoms with van der Waals surface area (Å²) >= 11 is 0. The Morgan fingerprint density at radius 3 is 2.37 bits per heavy atom. The molecule has 0 saturated heterocycles. The van der Waals surface area contributed by atoms with Gasteiger partial charge >= 0.3 is 125 Å². The van der Waals surface area contributed by atoms with Gasteiger partial charge in [-0.15, -0.1) is 0 Å².